The maximum absolute atomic E-state index is 11.1. The zero-order valence-electron chi connectivity index (χ0n) is 7.99. The van der Waals surface area contributed by atoms with Crippen LogP contribution in [0.3, 0.4) is 0 Å². The lowest BCUT2D eigenvalue weighted by molar-refractivity contribution is -0.127. The van der Waals surface area contributed by atoms with E-state index in [1.807, 2.05) is 12.1 Å². The molecular formula is C10H12N2O2. The summed E-state index contributed by atoms with van der Waals surface area (Å²) in [4.78, 5) is 25.7. The van der Waals surface area contributed by atoms with Crippen LogP contribution in [0.1, 0.15) is 19.0 Å². The Morgan fingerprint density at radius 3 is 2.79 bits per heavy atom. The second-order valence-electron chi connectivity index (χ2n) is 2.98. The summed E-state index contributed by atoms with van der Waals surface area (Å²) in [7, 11) is 0. The highest BCUT2D eigenvalue weighted by Crippen LogP contribution is 1.92. The van der Waals surface area contributed by atoms with E-state index in [1.165, 1.54) is 6.92 Å². The average Bonchev–Trinajstić information content (AvgIpc) is 2.15. The lowest BCUT2D eigenvalue weighted by Crippen LogP contribution is -2.24. The Balaban J connectivity index is 2.34. The predicted octanol–water partition coefficient (Wildman–Crippen LogP) is 0.677. The van der Waals surface area contributed by atoms with E-state index in [1.54, 1.807) is 12.3 Å². The van der Waals surface area contributed by atoms with Crippen LogP contribution in [-0.2, 0) is 16.1 Å². The smallest absolute Gasteiger partial charge is 0.227 e. The maximum atomic E-state index is 11.1. The first kappa shape index (κ1) is 10.4. The summed E-state index contributed by atoms with van der Waals surface area (Å²) < 4.78 is 0. The number of aromatic nitrogens is 1. The topological polar surface area (TPSA) is 59.1 Å². The van der Waals surface area contributed by atoms with E-state index in [9.17, 15) is 9.59 Å². The molecule has 1 aromatic rings. The highest BCUT2D eigenvalue weighted by Gasteiger charge is 2.03. The molecule has 0 radical (unpaired) electrons. The third kappa shape index (κ3) is 3.80. The number of nitrogens with one attached hydrogen (secondary N) is 1. The first-order chi connectivity index (χ1) is 6.68. The van der Waals surface area contributed by atoms with Crippen molar-refractivity contribution in [3.05, 3.63) is 30.1 Å². The number of ketones is 1. The summed E-state index contributed by atoms with van der Waals surface area (Å²) in [5.74, 6) is -0.397. The van der Waals surface area contributed by atoms with Gasteiger partial charge in [0.05, 0.1) is 18.7 Å². The van der Waals surface area contributed by atoms with E-state index in [0.717, 1.165) is 5.69 Å². The van der Waals surface area contributed by atoms with Crippen molar-refractivity contribution in [3.63, 3.8) is 0 Å². The zero-order valence-corrected chi connectivity index (χ0v) is 7.99. The number of Topliss-reactive ketones (excluding diaryl/α,β-unsaturated/α-hetero) is 1. The molecule has 0 saturated heterocycles. The van der Waals surface area contributed by atoms with Crippen molar-refractivity contribution in [1.29, 1.82) is 0 Å². The molecule has 74 valence electrons. The minimum absolute atomic E-state index is 0.0627. The number of rotatable bonds is 4. The zero-order chi connectivity index (χ0) is 10.4. The Morgan fingerprint density at radius 1 is 1.43 bits per heavy atom. The molecule has 0 aliphatic rings. The van der Waals surface area contributed by atoms with Crippen molar-refractivity contribution in [2.24, 2.45) is 0 Å². The fraction of sp³-hybridized carbons (Fsp3) is 0.300. The van der Waals surface area contributed by atoms with Crippen LogP contribution in [0, 0.1) is 0 Å². The van der Waals surface area contributed by atoms with Gasteiger partial charge in [-0.25, -0.2) is 0 Å². The standard InChI is InChI=1S/C10H12N2O2/c1-8(13)6-10(14)12-7-9-4-2-3-5-11-9/h2-5H,6-7H2,1H3,(H,12,14). The minimum Gasteiger partial charge on any atom is -0.350 e. The Morgan fingerprint density at radius 2 is 2.21 bits per heavy atom. The van der Waals surface area contributed by atoms with Gasteiger partial charge in [0, 0.05) is 6.20 Å². The largest absolute Gasteiger partial charge is 0.350 e. The van der Waals surface area contributed by atoms with Gasteiger partial charge in [0.25, 0.3) is 0 Å². The van der Waals surface area contributed by atoms with Crippen LogP contribution in [0.2, 0.25) is 0 Å². The molecular weight excluding hydrogens is 180 g/mol. The lowest BCUT2D eigenvalue weighted by Gasteiger charge is -2.02. The number of pyridine rings is 1. The summed E-state index contributed by atoms with van der Waals surface area (Å²) in [5.41, 5.74) is 0.782. The van der Waals surface area contributed by atoms with E-state index >= 15 is 0 Å². The molecule has 0 aliphatic heterocycles. The highest BCUT2D eigenvalue weighted by atomic mass is 16.2. The average molecular weight is 192 g/mol. The molecule has 4 nitrogen and oxygen atoms in total. The quantitative estimate of drug-likeness (QED) is 0.713. The molecule has 1 amide bonds. The second kappa shape index (κ2) is 5.11. The maximum Gasteiger partial charge on any atom is 0.227 e. The molecule has 0 unspecified atom stereocenters. The molecule has 0 spiro atoms. The molecule has 0 aromatic carbocycles. The van der Waals surface area contributed by atoms with E-state index in [4.69, 9.17) is 0 Å². The number of nitrogens with zero attached hydrogens (tertiary/aromatic N) is 1. The summed E-state index contributed by atoms with van der Waals surface area (Å²) in [6, 6.07) is 5.47. The van der Waals surface area contributed by atoms with E-state index in [2.05, 4.69) is 10.3 Å². The van der Waals surface area contributed by atoms with Gasteiger partial charge < -0.3 is 5.32 Å². The molecule has 1 N–H and O–H groups in total. The number of hydrogen-bond acceptors (Lipinski definition) is 3. The van der Waals surface area contributed by atoms with Crippen molar-refractivity contribution in [2.75, 3.05) is 0 Å². The SMILES string of the molecule is CC(=O)CC(=O)NCc1ccccn1. The van der Waals surface area contributed by atoms with Gasteiger partial charge in [0.15, 0.2) is 0 Å². The summed E-state index contributed by atoms with van der Waals surface area (Å²) in [5, 5.41) is 2.61. The number of carbonyl (C=O) groups excluding carboxylic acids is 2. The normalized spacial score (nSPS) is 9.50. The van der Waals surface area contributed by atoms with Crippen molar-refractivity contribution < 1.29 is 9.59 Å². The molecule has 0 fully saturated rings. The summed E-state index contributed by atoms with van der Waals surface area (Å²) >= 11 is 0. The van der Waals surface area contributed by atoms with Crippen LogP contribution in [-0.4, -0.2) is 16.7 Å². The van der Waals surface area contributed by atoms with Gasteiger partial charge in [-0.2, -0.15) is 0 Å². The van der Waals surface area contributed by atoms with Crippen LogP contribution < -0.4 is 5.32 Å². The van der Waals surface area contributed by atoms with Gasteiger partial charge in [-0.15, -0.1) is 0 Å². The number of carbonyl (C=O) groups is 2. The molecule has 1 rings (SSSR count). The first-order valence-corrected chi connectivity index (χ1v) is 4.34. The van der Waals surface area contributed by atoms with E-state index < -0.39 is 0 Å². The molecule has 1 heterocycles. The van der Waals surface area contributed by atoms with Crippen molar-refractivity contribution >= 4 is 11.7 Å². The molecule has 0 saturated carbocycles. The van der Waals surface area contributed by atoms with Gasteiger partial charge in [-0.3, -0.25) is 14.6 Å². The third-order valence-corrected chi connectivity index (χ3v) is 1.60. The Kier molecular flexibility index (Phi) is 3.79. The number of amides is 1. The molecule has 14 heavy (non-hydrogen) atoms. The van der Waals surface area contributed by atoms with E-state index in [-0.39, 0.29) is 18.1 Å². The Hall–Kier alpha value is -1.71. The summed E-state index contributed by atoms with van der Waals surface area (Å²) in [6.45, 7) is 1.76. The van der Waals surface area contributed by atoms with Gasteiger partial charge in [-0.1, -0.05) is 6.07 Å². The monoisotopic (exact) mass is 192 g/mol. The molecule has 4 heteroatoms. The Bertz CT molecular complexity index is 322. The van der Waals surface area contributed by atoms with Crippen LogP contribution >= 0.6 is 0 Å². The van der Waals surface area contributed by atoms with Crippen molar-refractivity contribution in [1.82, 2.24) is 10.3 Å². The summed E-state index contributed by atoms with van der Waals surface area (Å²) in [6.07, 6.45) is 1.60. The third-order valence-electron chi connectivity index (χ3n) is 1.60. The predicted molar refractivity (Wildman–Crippen MR) is 51.4 cm³/mol. The van der Waals surface area contributed by atoms with Crippen LogP contribution in [0.5, 0.6) is 0 Å². The first-order valence-electron chi connectivity index (χ1n) is 4.34. The molecule has 0 aliphatic carbocycles. The number of hydrogen-bond donors (Lipinski definition) is 1. The fourth-order valence-corrected chi connectivity index (χ4v) is 0.980. The van der Waals surface area contributed by atoms with Crippen molar-refractivity contribution in [2.45, 2.75) is 19.9 Å². The lowest BCUT2D eigenvalue weighted by atomic mass is 10.3. The van der Waals surface area contributed by atoms with Crippen LogP contribution in [0.4, 0.5) is 0 Å². The van der Waals surface area contributed by atoms with Crippen LogP contribution in [0.25, 0.3) is 0 Å². The fourth-order valence-electron chi connectivity index (χ4n) is 0.980. The van der Waals surface area contributed by atoms with Gasteiger partial charge in [0.1, 0.15) is 5.78 Å². The van der Waals surface area contributed by atoms with E-state index in [0.29, 0.717) is 6.54 Å². The minimum atomic E-state index is -0.261. The van der Waals surface area contributed by atoms with Gasteiger partial charge in [0.2, 0.25) is 5.91 Å². The second-order valence-corrected chi connectivity index (χ2v) is 2.98. The van der Waals surface area contributed by atoms with Gasteiger partial charge in [-0.05, 0) is 19.1 Å². The van der Waals surface area contributed by atoms with Crippen molar-refractivity contribution in [3.8, 4) is 0 Å². The highest BCUT2D eigenvalue weighted by molar-refractivity contribution is 5.96. The van der Waals surface area contributed by atoms with Gasteiger partial charge >= 0.3 is 0 Å². The molecule has 0 bridgehead atoms. The Labute approximate surface area is 82.3 Å². The molecule has 0 atom stereocenters. The molecule has 1 aromatic heterocycles. The van der Waals surface area contributed by atoms with Crippen LogP contribution in [0.15, 0.2) is 24.4 Å².